The molecule has 4 atom stereocenters. The van der Waals surface area contributed by atoms with Crippen molar-refractivity contribution in [1.29, 1.82) is 0 Å². The maximum absolute atomic E-state index is 11.1. The van der Waals surface area contributed by atoms with Gasteiger partial charge in [0.25, 0.3) is 0 Å². The number of aromatic amines is 1. The van der Waals surface area contributed by atoms with Crippen LogP contribution in [-0.2, 0) is 11.8 Å². The molecule has 8 nitrogen and oxygen atoms in total. The highest BCUT2D eigenvalue weighted by atomic mass is 16.3. The fraction of sp³-hybridized carbons (Fsp3) is 0.606. The van der Waals surface area contributed by atoms with Crippen LogP contribution in [0.15, 0.2) is 36.8 Å². The molecular weight excluding hydrogens is 512 g/mol. The molecule has 3 aromatic heterocycles. The average Bonchev–Trinajstić information content (AvgIpc) is 3.58. The number of imidazole rings is 1. The third kappa shape index (κ3) is 5.54. The van der Waals surface area contributed by atoms with Crippen molar-refractivity contribution >= 4 is 22.1 Å². The van der Waals surface area contributed by atoms with Gasteiger partial charge >= 0.3 is 0 Å². The molecule has 1 aromatic carbocycles. The zero-order valence-electron chi connectivity index (χ0n) is 25.4. The number of fused-ring (bicyclic) bond motifs is 2. The molecule has 0 radical (unpaired) electrons. The lowest BCUT2D eigenvalue weighted by Gasteiger charge is -2.40. The Kier molecular flexibility index (Phi) is 7.45. The number of nitrogens with zero attached hydrogens (tertiary/aromatic N) is 5. The summed E-state index contributed by atoms with van der Waals surface area (Å²) in [6, 6.07) is 8.80. The molecule has 4 aromatic rings. The lowest BCUT2D eigenvalue weighted by Crippen LogP contribution is -2.44. The van der Waals surface area contributed by atoms with Crippen LogP contribution >= 0.6 is 0 Å². The SMILES string of the molecule is Cc1ncnc2c1ccn2[C@@H]1C[C@H](CN(CC2CC(Cc3nc4ccc(C(C)(C)C)cc4[nH]3)C2)C(C)C)[C@@H](O)[C@H]1O. The zero-order valence-corrected chi connectivity index (χ0v) is 25.4. The third-order valence-electron chi connectivity index (χ3n) is 9.74. The molecule has 2 aliphatic carbocycles. The van der Waals surface area contributed by atoms with E-state index < -0.39 is 12.2 Å². The van der Waals surface area contributed by atoms with E-state index in [9.17, 15) is 10.2 Å². The van der Waals surface area contributed by atoms with Crippen LogP contribution in [-0.4, -0.2) is 71.0 Å². The number of rotatable bonds is 8. The minimum absolute atomic E-state index is 0.0159. The second kappa shape index (κ2) is 10.8. The monoisotopic (exact) mass is 558 g/mol. The Morgan fingerprint density at radius 2 is 1.80 bits per heavy atom. The highest BCUT2D eigenvalue weighted by Gasteiger charge is 2.44. The van der Waals surface area contributed by atoms with Crippen molar-refractivity contribution < 1.29 is 10.2 Å². The molecule has 0 aliphatic heterocycles. The van der Waals surface area contributed by atoms with Crippen molar-refractivity contribution in [3.05, 3.63) is 53.9 Å². The van der Waals surface area contributed by atoms with Gasteiger partial charge in [-0.1, -0.05) is 26.8 Å². The summed E-state index contributed by atoms with van der Waals surface area (Å²) in [7, 11) is 0. The Hall–Kier alpha value is -2.81. The third-order valence-corrected chi connectivity index (χ3v) is 9.74. The van der Waals surface area contributed by atoms with Gasteiger partial charge in [0.05, 0.1) is 28.9 Å². The van der Waals surface area contributed by atoms with Gasteiger partial charge in [-0.3, -0.25) is 0 Å². The highest BCUT2D eigenvalue weighted by Crippen LogP contribution is 2.40. The van der Waals surface area contributed by atoms with Crippen molar-refractivity contribution in [3.63, 3.8) is 0 Å². The minimum Gasteiger partial charge on any atom is -0.390 e. The van der Waals surface area contributed by atoms with E-state index in [1.165, 1.54) is 18.4 Å². The molecule has 0 saturated heterocycles. The van der Waals surface area contributed by atoms with E-state index in [0.717, 1.165) is 59.5 Å². The molecule has 0 amide bonds. The molecule has 0 unspecified atom stereocenters. The molecule has 2 fully saturated rings. The van der Waals surface area contributed by atoms with E-state index in [1.54, 1.807) is 6.33 Å². The number of aromatic nitrogens is 5. The number of aryl methyl sites for hydroxylation is 1. The quantitative estimate of drug-likeness (QED) is 0.276. The lowest BCUT2D eigenvalue weighted by molar-refractivity contribution is -0.00532. The topological polar surface area (TPSA) is 103 Å². The number of hydrogen-bond acceptors (Lipinski definition) is 6. The van der Waals surface area contributed by atoms with Gasteiger partial charge in [0.15, 0.2) is 0 Å². The summed E-state index contributed by atoms with van der Waals surface area (Å²) in [5.41, 5.74) is 5.41. The summed E-state index contributed by atoms with van der Waals surface area (Å²) in [6.45, 7) is 15.0. The number of aliphatic hydroxyl groups excluding tert-OH is 2. The maximum Gasteiger partial charge on any atom is 0.143 e. The zero-order chi connectivity index (χ0) is 29.1. The van der Waals surface area contributed by atoms with Crippen molar-refractivity contribution in [1.82, 2.24) is 29.4 Å². The van der Waals surface area contributed by atoms with Gasteiger partial charge in [-0.15, -0.1) is 0 Å². The number of aliphatic hydroxyl groups is 2. The van der Waals surface area contributed by atoms with Gasteiger partial charge in [-0.05, 0) is 81.0 Å². The van der Waals surface area contributed by atoms with Crippen LogP contribution in [0.3, 0.4) is 0 Å². The first-order chi connectivity index (χ1) is 19.5. The van der Waals surface area contributed by atoms with E-state index in [-0.39, 0.29) is 17.4 Å². The van der Waals surface area contributed by atoms with Crippen LogP contribution in [0.25, 0.3) is 22.1 Å². The van der Waals surface area contributed by atoms with Crippen LogP contribution in [0.5, 0.6) is 0 Å². The molecule has 8 heteroatoms. The van der Waals surface area contributed by atoms with E-state index in [1.807, 2.05) is 23.8 Å². The first kappa shape index (κ1) is 28.3. The fourth-order valence-electron chi connectivity index (χ4n) is 7.14. The van der Waals surface area contributed by atoms with Crippen molar-refractivity contribution in [3.8, 4) is 0 Å². The average molecular weight is 559 g/mol. The van der Waals surface area contributed by atoms with Crippen LogP contribution in [0, 0.1) is 24.7 Å². The predicted octanol–water partition coefficient (Wildman–Crippen LogP) is 5.18. The number of H-pyrrole nitrogens is 1. The van der Waals surface area contributed by atoms with Gasteiger partial charge in [-0.25, -0.2) is 15.0 Å². The summed E-state index contributed by atoms with van der Waals surface area (Å²) >= 11 is 0. The van der Waals surface area contributed by atoms with Gasteiger partial charge < -0.3 is 24.7 Å². The van der Waals surface area contributed by atoms with E-state index in [2.05, 4.69) is 72.7 Å². The molecule has 41 heavy (non-hydrogen) atoms. The number of nitrogens with one attached hydrogen (secondary N) is 1. The summed E-state index contributed by atoms with van der Waals surface area (Å²) < 4.78 is 2.04. The number of benzene rings is 1. The van der Waals surface area contributed by atoms with Crippen molar-refractivity contribution in [2.45, 2.75) is 96.9 Å². The van der Waals surface area contributed by atoms with Gasteiger partial charge in [0, 0.05) is 43.1 Å². The Bertz CT molecular complexity index is 1510. The number of hydrogen-bond donors (Lipinski definition) is 3. The summed E-state index contributed by atoms with van der Waals surface area (Å²) in [5.74, 6) is 2.43. The molecule has 0 spiro atoms. The van der Waals surface area contributed by atoms with E-state index >= 15 is 0 Å². The molecule has 220 valence electrons. The van der Waals surface area contributed by atoms with Crippen LogP contribution in [0.4, 0.5) is 0 Å². The minimum atomic E-state index is -0.809. The van der Waals surface area contributed by atoms with E-state index in [0.29, 0.717) is 17.9 Å². The predicted molar refractivity (Wildman–Crippen MR) is 163 cm³/mol. The normalized spacial score (nSPS) is 27.0. The lowest BCUT2D eigenvalue weighted by atomic mass is 9.72. The van der Waals surface area contributed by atoms with Gasteiger partial charge in [0.2, 0.25) is 0 Å². The molecule has 6 rings (SSSR count). The Morgan fingerprint density at radius 3 is 2.54 bits per heavy atom. The Labute approximate surface area is 243 Å². The summed E-state index contributed by atoms with van der Waals surface area (Å²) in [6.07, 6.45) is 6.15. The largest absolute Gasteiger partial charge is 0.390 e. The van der Waals surface area contributed by atoms with Crippen LogP contribution in [0.1, 0.15) is 77.0 Å². The van der Waals surface area contributed by atoms with Gasteiger partial charge in [0.1, 0.15) is 23.9 Å². The Balaban J connectivity index is 1.05. The second-order valence-corrected chi connectivity index (χ2v) is 14.1. The smallest absolute Gasteiger partial charge is 0.143 e. The Morgan fingerprint density at radius 1 is 1.02 bits per heavy atom. The first-order valence-electron chi connectivity index (χ1n) is 15.4. The van der Waals surface area contributed by atoms with E-state index in [4.69, 9.17) is 4.98 Å². The summed E-state index contributed by atoms with van der Waals surface area (Å²) in [5, 5.41) is 23.1. The molecule has 3 heterocycles. The fourth-order valence-corrected chi connectivity index (χ4v) is 7.14. The summed E-state index contributed by atoms with van der Waals surface area (Å²) in [4.78, 5) is 19.8. The molecule has 0 bridgehead atoms. The van der Waals surface area contributed by atoms with Crippen LogP contribution in [0.2, 0.25) is 0 Å². The first-order valence-corrected chi connectivity index (χ1v) is 15.4. The molecule has 2 saturated carbocycles. The van der Waals surface area contributed by atoms with Gasteiger partial charge in [-0.2, -0.15) is 0 Å². The second-order valence-electron chi connectivity index (χ2n) is 14.1. The van der Waals surface area contributed by atoms with Crippen molar-refractivity contribution in [2.24, 2.45) is 17.8 Å². The highest BCUT2D eigenvalue weighted by molar-refractivity contribution is 5.78. The van der Waals surface area contributed by atoms with Crippen molar-refractivity contribution in [2.75, 3.05) is 13.1 Å². The molecule has 2 aliphatic rings. The van der Waals surface area contributed by atoms with Crippen LogP contribution < -0.4 is 0 Å². The standard InChI is InChI=1S/C33H46N6O2/c1-19(2)38(17-23-14-28(31(41)30(23)40)39-10-9-25-20(3)34-18-35-32(25)39)16-22-11-21(12-22)13-29-36-26-8-7-24(33(4,5)6)15-27(26)37-29/h7-10,15,18-19,21-23,28,30-31,40-41H,11-14,16-17H2,1-6H3,(H,36,37)/t21?,22?,23-,28-,30-,31+/m1/s1. The molecular formula is C33H46N6O2. The maximum atomic E-state index is 11.1. The molecule has 3 N–H and O–H groups in total.